The van der Waals surface area contributed by atoms with Crippen LogP contribution < -0.4 is 20.5 Å². The number of nitrogens with zero attached hydrogens (tertiary/aromatic N) is 1. The standard InChI is InChI=1S/C24H29ClFN3O4/c1-3-32-19-13-16(14-20(21(19)26)33-4-2)15-29-11-9-24(10-12-29,23(27)31)28-22(30)17-5-7-18(25)8-6-17/h5-8,13-14H,3-4,9-12,15H2,1-2H3,(H2,27,31)(H,28,30). The van der Waals surface area contributed by atoms with E-state index in [0.29, 0.717) is 56.3 Å². The highest BCUT2D eigenvalue weighted by molar-refractivity contribution is 6.30. The second-order valence-corrected chi connectivity index (χ2v) is 8.39. The van der Waals surface area contributed by atoms with Crippen LogP contribution in [0.2, 0.25) is 5.02 Å². The number of ether oxygens (including phenoxy) is 2. The van der Waals surface area contributed by atoms with Crippen molar-refractivity contribution in [2.45, 2.75) is 38.8 Å². The van der Waals surface area contributed by atoms with Gasteiger partial charge in [0.05, 0.1) is 13.2 Å². The molecule has 0 radical (unpaired) electrons. The first-order valence-corrected chi connectivity index (χ1v) is 11.3. The van der Waals surface area contributed by atoms with Crippen molar-refractivity contribution in [3.63, 3.8) is 0 Å². The Morgan fingerprint density at radius 2 is 1.64 bits per heavy atom. The number of carbonyl (C=O) groups is 2. The molecule has 1 heterocycles. The second kappa shape index (κ2) is 10.9. The predicted octanol–water partition coefficient (Wildman–Crippen LogP) is 3.53. The van der Waals surface area contributed by atoms with E-state index in [1.807, 2.05) is 0 Å². The molecular weight excluding hydrogens is 449 g/mol. The van der Waals surface area contributed by atoms with Crippen LogP contribution in [0.25, 0.3) is 0 Å². The van der Waals surface area contributed by atoms with E-state index >= 15 is 0 Å². The average Bonchev–Trinajstić information content (AvgIpc) is 2.79. The highest BCUT2D eigenvalue weighted by Crippen LogP contribution is 2.31. The van der Waals surface area contributed by atoms with Crippen molar-refractivity contribution in [3.8, 4) is 11.5 Å². The fourth-order valence-corrected chi connectivity index (χ4v) is 4.04. The summed E-state index contributed by atoms with van der Waals surface area (Å²) in [6, 6.07) is 9.76. The van der Waals surface area contributed by atoms with Gasteiger partial charge in [0.15, 0.2) is 11.5 Å². The SMILES string of the molecule is CCOc1cc(CN2CCC(NC(=O)c3ccc(Cl)cc3)(C(N)=O)CC2)cc(OCC)c1F. The van der Waals surface area contributed by atoms with Gasteiger partial charge in [-0.15, -0.1) is 0 Å². The molecule has 3 rings (SSSR count). The summed E-state index contributed by atoms with van der Waals surface area (Å²) in [5.74, 6) is -1.16. The van der Waals surface area contributed by atoms with Gasteiger partial charge >= 0.3 is 0 Å². The fourth-order valence-electron chi connectivity index (χ4n) is 3.91. The van der Waals surface area contributed by atoms with E-state index in [1.54, 1.807) is 50.2 Å². The number of carbonyl (C=O) groups excluding carboxylic acids is 2. The zero-order valence-corrected chi connectivity index (χ0v) is 19.6. The van der Waals surface area contributed by atoms with E-state index in [-0.39, 0.29) is 17.4 Å². The summed E-state index contributed by atoms with van der Waals surface area (Å²) in [4.78, 5) is 27.1. The summed E-state index contributed by atoms with van der Waals surface area (Å²) >= 11 is 5.88. The number of nitrogens with two attached hydrogens (primary N) is 1. The van der Waals surface area contributed by atoms with Crippen LogP contribution >= 0.6 is 11.6 Å². The number of hydrogen-bond acceptors (Lipinski definition) is 5. The average molecular weight is 478 g/mol. The van der Waals surface area contributed by atoms with Crippen LogP contribution in [0, 0.1) is 5.82 Å². The molecule has 1 aliphatic heterocycles. The van der Waals surface area contributed by atoms with Crippen LogP contribution in [0.4, 0.5) is 4.39 Å². The molecule has 33 heavy (non-hydrogen) atoms. The maximum Gasteiger partial charge on any atom is 0.252 e. The summed E-state index contributed by atoms with van der Waals surface area (Å²) in [7, 11) is 0. The van der Waals surface area contributed by atoms with Crippen LogP contribution in [0.15, 0.2) is 36.4 Å². The number of piperidine rings is 1. The van der Waals surface area contributed by atoms with E-state index in [4.69, 9.17) is 26.8 Å². The first-order valence-electron chi connectivity index (χ1n) is 11.0. The minimum atomic E-state index is -1.14. The molecule has 0 saturated carbocycles. The maximum atomic E-state index is 14.5. The molecule has 0 spiro atoms. The van der Waals surface area contributed by atoms with Crippen LogP contribution in [0.1, 0.15) is 42.6 Å². The van der Waals surface area contributed by atoms with Gasteiger partial charge in [-0.05, 0) is 68.7 Å². The molecule has 0 unspecified atom stereocenters. The van der Waals surface area contributed by atoms with E-state index in [0.717, 1.165) is 5.56 Å². The molecule has 1 saturated heterocycles. The molecule has 0 aromatic heterocycles. The lowest BCUT2D eigenvalue weighted by atomic mass is 9.86. The lowest BCUT2D eigenvalue weighted by Crippen LogP contribution is -2.62. The first kappa shape index (κ1) is 24.8. The largest absolute Gasteiger partial charge is 0.491 e. The topological polar surface area (TPSA) is 93.9 Å². The van der Waals surface area contributed by atoms with Gasteiger partial charge in [-0.3, -0.25) is 14.5 Å². The Morgan fingerprint density at radius 3 is 2.12 bits per heavy atom. The molecule has 0 bridgehead atoms. The number of likely N-dealkylation sites (tertiary alicyclic amines) is 1. The summed E-state index contributed by atoms with van der Waals surface area (Å²) < 4.78 is 25.4. The van der Waals surface area contributed by atoms with Crippen LogP contribution in [0.3, 0.4) is 0 Å². The van der Waals surface area contributed by atoms with Gasteiger partial charge in [-0.25, -0.2) is 0 Å². The molecule has 178 valence electrons. The van der Waals surface area contributed by atoms with Gasteiger partial charge in [0.2, 0.25) is 11.7 Å². The highest BCUT2D eigenvalue weighted by Gasteiger charge is 2.41. The molecule has 2 amide bonds. The molecular formula is C24H29ClFN3O4. The fraction of sp³-hybridized carbons (Fsp3) is 0.417. The Kier molecular flexibility index (Phi) is 8.15. The number of amides is 2. The Bertz CT molecular complexity index is 965. The molecule has 1 aliphatic rings. The molecule has 2 aromatic rings. The molecule has 0 aliphatic carbocycles. The van der Waals surface area contributed by atoms with Gasteiger partial charge < -0.3 is 20.5 Å². The Labute approximate surface area is 198 Å². The maximum absolute atomic E-state index is 14.5. The normalized spacial score (nSPS) is 15.6. The molecule has 7 nitrogen and oxygen atoms in total. The zero-order chi connectivity index (χ0) is 24.0. The third-order valence-corrected chi connectivity index (χ3v) is 5.96. The number of primary amides is 1. The van der Waals surface area contributed by atoms with Crippen LogP contribution in [-0.4, -0.2) is 48.6 Å². The summed E-state index contributed by atoms with van der Waals surface area (Å²) in [5, 5.41) is 3.36. The summed E-state index contributed by atoms with van der Waals surface area (Å²) in [5.41, 5.74) is 5.81. The Hall–Kier alpha value is -2.84. The predicted molar refractivity (Wildman–Crippen MR) is 124 cm³/mol. The van der Waals surface area contributed by atoms with E-state index in [9.17, 15) is 14.0 Å². The Balaban J connectivity index is 1.70. The number of benzene rings is 2. The Morgan fingerprint density at radius 1 is 1.09 bits per heavy atom. The minimum Gasteiger partial charge on any atom is -0.491 e. The van der Waals surface area contributed by atoms with Crippen molar-refractivity contribution in [2.24, 2.45) is 5.73 Å². The smallest absolute Gasteiger partial charge is 0.252 e. The van der Waals surface area contributed by atoms with Crippen molar-refractivity contribution in [2.75, 3.05) is 26.3 Å². The zero-order valence-electron chi connectivity index (χ0n) is 18.8. The third kappa shape index (κ3) is 5.94. The lowest BCUT2D eigenvalue weighted by Gasteiger charge is -2.40. The van der Waals surface area contributed by atoms with Gasteiger partial charge in [0, 0.05) is 30.2 Å². The quantitative estimate of drug-likeness (QED) is 0.576. The van der Waals surface area contributed by atoms with Crippen molar-refractivity contribution in [1.82, 2.24) is 10.2 Å². The summed E-state index contributed by atoms with van der Waals surface area (Å²) in [6.07, 6.45) is 0.721. The molecule has 2 aromatic carbocycles. The van der Waals surface area contributed by atoms with Gasteiger partial charge in [-0.2, -0.15) is 4.39 Å². The van der Waals surface area contributed by atoms with E-state index < -0.39 is 17.3 Å². The van der Waals surface area contributed by atoms with Crippen molar-refractivity contribution >= 4 is 23.4 Å². The third-order valence-electron chi connectivity index (χ3n) is 5.71. The second-order valence-electron chi connectivity index (χ2n) is 7.96. The number of rotatable bonds is 9. The van der Waals surface area contributed by atoms with Crippen molar-refractivity contribution in [3.05, 3.63) is 58.4 Å². The minimum absolute atomic E-state index is 0.150. The number of hydrogen-bond donors (Lipinski definition) is 2. The van der Waals surface area contributed by atoms with Crippen molar-refractivity contribution in [1.29, 1.82) is 0 Å². The summed E-state index contributed by atoms with van der Waals surface area (Å²) in [6.45, 7) is 5.82. The number of nitrogens with one attached hydrogen (secondary N) is 1. The molecule has 9 heteroatoms. The number of halogens is 2. The van der Waals surface area contributed by atoms with Crippen LogP contribution in [-0.2, 0) is 11.3 Å². The van der Waals surface area contributed by atoms with Gasteiger partial charge in [0.25, 0.3) is 5.91 Å². The monoisotopic (exact) mass is 477 g/mol. The van der Waals surface area contributed by atoms with Gasteiger partial charge in [0.1, 0.15) is 5.54 Å². The molecule has 1 fully saturated rings. The molecule has 0 atom stereocenters. The lowest BCUT2D eigenvalue weighted by molar-refractivity contribution is -0.126. The van der Waals surface area contributed by atoms with E-state index in [1.165, 1.54) is 0 Å². The highest BCUT2D eigenvalue weighted by atomic mass is 35.5. The van der Waals surface area contributed by atoms with Gasteiger partial charge in [-0.1, -0.05) is 11.6 Å². The molecule has 3 N–H and O–H groups in total. The van der Waals surface area contributed by atoms with E-state index in [2.05, 4.69) is 10.2 Å². The van der Waals surface area contributed by atoms with Crippen LogP contribution in [0.5, 0.6) is 11.5 Å². The first-order chi connectivity index (χ1) is 15.8. The van der Waals surface area contributed by atoms with Crippen molar-refractivity contribution < 1.29 is 23.5 Å².